The Balaban J connectivity index is 1.08. The summed E-state index contributed by atoms with van der Waals surface area (Å²) in [5, 5.41) is 0. The third kappa shape index (κ3) is 5.66. The van der Waals surface area contributed by atoms with Crippen LogP contribution in [0.3, 0.4) is 0 Å². The first-order valence-electron chi connectivity index (χ1n) is 15.8. The molecule has 9 heterocycles. The van der Waals surface area contributed by atoms with Gasteiger partial charge in [0.05, 0.1) is 22.8 Å². The highest BCUT2D eigenvalue weighted by molar-refractivity contribution is 5.32. The predicted molar refractivity (Wildman–Crippen MR) is 171 cm³/mol. The SMILES string of the molecule is c1cc2nc(c1)C[n+]1ccn(c1)-c1cccc(n1)-n1cc[n+](c1)Cc1cccc(n1)C[n+]1ccn(c1)-c1cccc(n1)-n1cc[n+](c1)C2. The molecule has 8 aromatic rings. The Labute approximate surface area is 276 Å². The summed E-state index contributed by atoms with van der Waals surface area (Å²) in [7, 11) is 0. The van der Waals surface area contributed by atoms with E-state index < -0.39 is 0 Å². The quantitative estimate of drug-likeness (QED) is 0.240. The number of rotatable bonds is 0. The van der Waals surface area contributed by atoms with Gasteiger partial charge in [-0.15, -0.1) is 0 Å². The van der Waals surface area contributed by atoms with Crippen LogP contribution >= 0.6 is 0 Å². The molecule has 0 fully saturated rings. The van der Waals surface area contributed by atoms with E-state index in [2.05, 4.69) is 54.7 Å². The van der Waals surface area contributed by atoms with Crippen molar-refractivity contribution in [3.05, 3.63) is 170 Å². The van der Waals surface area contributed by atoms with E-state index in [4.69, 9.17) is 19.9 Å². The third-order valence-corrected chi connectivity index (χ3v) is 8.37. The van der Waals surface area contributed by atoms with Gasteiger partial charge >= 0.3 is 0 Å². The van der Waals surface area contributed by atoms with Gasteiger partial charge in [0, 0.05) is 24.3 Å². The Kier molecular flexibility index (Phi) is 6.74. The van der Waals surface area contributed by atoms with Crippen molar-refractivity contribution in [3.63, 3.8) is 0 Å². The molecule has 16 bridgehead atoms. The number of fused-ring (bicyclic) bond motifs is 20. The standard InChI is InChI=1S/C36H32N12/c1-5-29-21-41-13-17-45(25-41)33-9-3-11-35(39-33)47-19-15-43(27-47)23-31-7-2-8-32(38-31)24-44-16-20-48(28-44)36-12-4-10-34(40-36)46-18-14-42(26-46)22-30(6-1)37-29/h1-20,25-28H,21-24H2/q+4. The molecular formula is C36H32N12+4. The van der Waals surface area contributed by atoms with E-state index in [-0.39, 0.29) is 0 Å². The fraction of sp³-hybridized carbons (Fsp3) is 0.111. The molecule has 1 aliphatic rings. The van der Waals surface area contributed by atoms with Gasteiger partial charge in [0.25, 0.3) is 25.3 Å². The molecule has 0 spiro atoms. The van der Waals surface area contributed by atoms with Gasteiger partial charge in [-0.3, -0.25) is 0 Å². The molecule has 0 aliphatic carbocycles. The lowest BCUT2D eigenvalue weighted by Crippen LogP contribution is -2.34. The van der Waals surface area contributed by atoms with Gasteiger partial charge in [-0.1, -0.05) is 24.3 Å². The van der Waals surface area contributed by atoms with Gasteiger partial charge in [0.2, 0.25) is 23.3 Å². The Morgan fingerprint density at radius 2 is 0.625 bits per heavy atom. The number of imidazole rings is 4. The van der Waals surface area contributed by atoms with Crippen LogP contribution in [-0.2, 0) is 26.2 Å². The molecule has 0 saturated heterocycles. The second-order valence-electron chi connectivity index (χ2n) is 11.9. The first-order chi connectivity index (χ1) is 23.7. The van der Waals surface area contributed by atoms with Crippen LogP contribution < -0.4 is 18.3 Å². The minimum atomic E-state index is 0.648. The molecule has 0 unspecified atom stereocenters. The lowest BCUT2D eigenvalue weighted by molar-refractivity contribution is -0.689. The Hall–Kier alpha value is -6.56. The van der Waals surface area contributed by atoms with Crippen LogP contribution in [0.4, 0.5) is 0 Å². The zero-order valence-corrected chi connectivity index (χ0v) is 26.1. The van der Waals surface area contributed by atoms with Crippen LogP contribution in [0.2, 0.25) is 0 Å². The lowest BCUT2D eigenvalue weighted by Gasteiger charge is -2.02. The minimum absolute atomic E-state index is 0.648. The summed E-state index contributed by atoms with van der Waals surface area (Å²) in [5.74, 6) is 3.34. The van der Waals surface area contributed by atoms with Crippen molar-refractivity contribution in [3.8, 4) is 23.3 Å². The second-order valence-corrected chi connectivity index (χ2v) is 11.9. The zero-order valence-electron chi connectivity index (χ0n) is 26.1. The van der Waals surface area contributed by atoms with Gasteiger partial charge in [0.15, 0.2) is 0 Å². The van der Waals surface area contributed by atoms with E-state index in [1.54, 1.807) is 0 Å². The number of aromatic nitrogens is 12. The molecule has 1 aliphatic heterocycles. The van der Waals surface area contributed by atoms with E-state index in [0.717, 1.165) is 46.0 Å². The molecule has 12 nitrogen and oxygen atoms in total. The summed E-state index contributed by atoms with van der Waals surface area (Å²) in [5.41, 5.74) is 3.95. The molecule has 0 atom stereocenters. The molecule has 0 saturated carbocycles. The maximum atomic E-state index is 4.97. The average molecular weight is 633 g/mol. The third-order valence-electron chi connectivity index (χ3n) is 8.37. The number of pyridine rings is 4. The summed E-state index contributed by atoms with van der Waals surface area (Å²) in [6, 6.07) is 24.5. The molecule has 9 rings (SSSR count). The maximum absolute atomic E-state index is 4.97. The van der Waals surface area contributed by atoms with Crippen molar-refractivity contribution in [2.45, 2.75) is 26.2 Å². The van der Waals surface area contributed by atoms with Crippen LogP contribution in [0.5, 0.6) is 0 Å². The predicted octanol–water partition coefficient (Wildman–Crippen LogP) is 2.09. The smallest absolute Gasteiger partial charge is 0.250 e. The summed E-state index contributed by atoms with van der Waals surface area (Å²) in [4.78, 5) is 19.8. The summed E-state index contributed by atoms with van der Waals surface area (Å²) < 4.78 is 16.6. The van der Waals surface area contributed by atoms with Gasteiger partial charge in [-0.05, 0) is 24.3 Å². The first-order valence-corrected chi connectivity index (χ1v) is 15.8. The van der Waals surface area contributed by atoms with Crippen molar-refractivity contribution in [1.29, 1.82) is 0 Å². The molecule has 12 heteroatoms. The summed E-state index contributed by atoms with van der Waals surface area (Å²) in [6.45, 7) is 2.59. The van der Waals surface area contributed by atoms with Crippen molar-refractivity contribution < 1.29 is 18.3 Å². The fourth-order valence-electron chi connectivity index (χ4n) is 6.05. The highest BCUT2D eigenvalue weighted by atomic mass is 15.2. The zero-order chi connectivity index (χ0) is 31.9. The summed E-state index contributed by atoms with van der Waals surface area (Å²) in [6.07, 6.45) is 24.5. The molecule has 0 aromatic carbocycles. The Morgan fingerprint density at radius 1 is 0.354 bits per heavy atom. The molecule has 0 N–H and O–H groups in total. The lowest BCUT2D eigenvalue weighted by atomic mass is 10.3. The van der Waals surface area contributed by atoms with Gasteiger partial charge in [-0.2, -0.15) is 28.2 Å². The van der Waals surface area contributed by atoms with E-state index in [1.807, 2.05) is 130 Å². The van der Waals surface area contributed by atoms with E-state index in [9.17, 15) is 0 Å². The van der Waals surface area contributed by atoms with Crippen molar-refractivity contribution in [1.82, 2.24) is 38.2 Å². The molecule has 0 amide bonds. The van der Waals surface area contributed by atoms with Crippen LogP contribution in [0.1, 0.15) is 22.8 Å². The first kappa shape index (κ1) is 27.7. The topological polar surface area (TPSA) is 86.8 Å². The number of hydrogen-bond donors (Lipinski definition) is 0. The highest BCUT2D eigenvalue weighted by Crippen LogP contribution is 2.11. The summed E-state index contributed by atoms with van der Waals surface area (Å²) >= 11 is 0. The number of nitrogens with zero attached hydrogens (tertiary/aromatic N) is 12. The van der Waals surface area contributed by atoms with E-state index in [0.29, 0.717) is 26.2 Å². The van der Waals surface area contributed by atoms with Crippen molar-refractivity contribution in [2.75, 3.05) is 0 Å². The second kappa shape index (κ2) is 11.7. The van der Waals surface area contributed by atoms with Crippen molar-refractivity contribution >= 4 is 0 Å². The molecule has 0 radical (unpaired) electrons. The highest BCUT2D eigenvalue weighted by Gasteiger charge is 2.17. The normalized spacial score (nSPS) is 12.7. The Morgan fingerprint density at radius 3 is 0.917 bits per heavy atom. The monoisotopic (exact) mass is 632 g/mol. The van der Waals surface area contributed by atoms with Crippen LogP contribution in [0.25, 0.3) is 23.3 Å². The van der Waals surface area contributed by atoms with Crippen LogP contribution in [0, 0.1) is 0 Å². The fourth-order valence-corrected chi connectivity index (χ4v) is 6.05. The van der Waals surface area contributed by atoms with E-state index >= 15 is 0 Å². The maximum Gasteiger partial charge on any atom is 0.250 e. The molecule has 48 heavy (non-hydrogen) atoms. The number of hydrogen-bond acceptors (Lipinski definition) is 4. The average Bonchev–Trinajstić information content (AvgIpc) is 3.94. The molecule has 232 valence electrons. The van der Waals surface area contributed by atoms with Gasteiger partial charge in [-0.25, -0.2) is 28.2 Å². The van der Waals surface area contributed by atoms with Gasteiger partial charge < -0.3 is 0 Å². The van der Waals surface area contributed by atoms with Crippen molar-refractivity contribution in [2.24, 2.45) is 0 Å². The van der Waals surface area contributed by atoms with E-state index in [1.165, 1.54) is 0 Å². The van der Waals surface area contributed by atoms with Crippen LogP contribution in [-0.4, -0.2) is 38.2 Å². The molecule has 8 aromatic heterocycles. The molecular weight excluding hydrogens is 600 g/mol. The largest absolute Gasteiger partial charge is 0.250 e. The minimum Gasteiger partial charge on any atom is -0.250 e. The van der Waals surface area contributed by atoms with Crippen LogP contribution in [0.15, 0.2) is 148 Å². The van der Waals surface area contributed by atoms with Gasteiger partial charge in [0.1, 0.15) is 75.8 Å². The Bertz CT molecular complexity index is 2080.